The zero-order valence-electron chi connectivity index (χ0n) is 33.3. The van der Waals surface area contributed by atoms with Crippen molar-refractivity contribution >= 4 is 47.0 Å². The number of anilines is 1. The Balaban J connectivity index is 1.26. The van der Waals surface area contributed by atoms with Gasteiger partial charge in [-0.25, -0.2) is 9.59 Å². The maximum atomic E-state index is 14.2. The van der Waals surface area contributed by atoms with Crippen LogP contribution in [-0.2, 0) is 55.8 Å². The van der Waals surface area contributed by atoms with E-state index in [-0.39, 0.29) is 56.6 Å². The largest absolute Gasteiger partial charge is 0.466 e. The Morgan fingerprint density at radius 3 is 2.34 bits per heavy atom. The molecule has 5 rings (SSSR count). The number of nitrogens with zero attached hydrogens (tertiary/aromatic N) is 1. The molecule has 0 aromatic heterocycles. The van der Waals surface area contributed by atoms with Gasteiger partial charge in [0, 0.05) is 23.0 Å². The monoisotopic (exact) mass is 814 g/mol. The number of ether oxygens (including phenoxy) is 4. The molecule has 1 unspecified atom stereocenters. The van der Waals surface area contributed by atoms with Crippen LogP contribution in [0.2, 0.25) is 5.02 Å². The molecule has 0 radical (unpaired) electrons. The first-order valence-electron chi connectivity index (χ1n) is 19.5. The van der Waals surface area contributed by atoms with Gasteiger partial charge in [0.1, 0.15) is 12.6 Å². The average Bonchev–Trinajstić information content (AvgIpc) is 3.34. The molecule has 0 saturated carbocycles. The number of allylic oxidation sites excluding steroid dienone is 1. The minimum atomic E-state index is -0.899. The lowest BCUT2D eigenvalue weighted by atomic mass is 9.80. The maximum Gasteiger partial charge on any atom is 0.336 e. The van der Waals surface area contributed by atoms with Gasteiger partial charge >= 0.3 is 17.9 Å². The molecule has 14 heteroatoms. The van der Waals surface area contributed by atoms with Gasteiger partial charge in [0.25, 0.3) is 0 Å². The molecule has 0 spiro atoms. The first kappa shape index (κ1) is 43.6. The third-order valence-electron chi connectivity index (χ3n) is 9.97. The number of benzene rings is 3. The first-order valence-corrected chi connectivity index (χ1v) is 19.9. The number of halogens is 1. The van der Waals surface area contributed by atoms with Crippen LogP contribution < -0.4 is 20.9 Å². The van der Waals surface area contributed by atoms with Crippen molar-refractivity contribution in [2.24, 2.45) is 0 Å². The molecule has 0 aliphatic carbocycles. The smallest absolute Gasteiger partial charge is 0.336 e. The van der Waals surface area contributed by atoms with Crippen LogP contribution in [0.25, 0.3) is 0 Å². The number of amides is 2. The zero-order valence-corrected chi connectivity index (χ0v) is 34.1. The molecular formula is C44H51ClN4O9. The fraction of sp³-hybridized carbons (Fsp3) is 0.386. The van der Waals surface area contributed by atoms with E-state index in [4.69, 9.17) is 30.5 Å². The van der Waals surface area contributed by atoms with Crippen LogP contribution in [0.15, 0.2) is 101 Å². The third-order valence-corrected chi connectivity index (χ3v) is 10.3. The van der Waals surface area contributed by atoms with Crippen molar-refractivity contribution in [3.63, 3.8) is 0 Å². The van der Waals surface area contributed by atoms with E-state index in [0.717, 1.165) is 11.1 Å². The van der Waals surface area contributed by atoms with Crippen molar-refractivity contribution < 1.29 is 42.9 Å². The number of hydrogen-bond donors (Lipinski definition) is 3. The number of para-hydroxylation sites is 1. The van der Waals surface area contributed by atoms with Gasteiger partial charge in [-0.3, -0.25) is 19.7 Å². The van der Waals surface area contributed by atoms with Crippen molar-refractivity contribution in [2.45, 2.75) is 64.5 Å². The summed E-state index contributed by atoms with van der Waals surface area (Å²) in [7, 11) is 1.26. The number of aryl methyl sites for hydroxylation is 2. The van der Waals surface area contributed by atoms with Crippen molar-refractivity contribution in [3.05, 3.63) is 123 Å². The van der Waals surface area contributed by atoms with Crippen molar-refractivity contribution in [2.75, 3.05) is 51.5 Å². The van der Waals surface area contributed by atoms with Gasteiger partial charge in [0.05, 0.1) is 62.3 Å². The van der Waals surface area contributed by atoms with Crippen LogP contribution in [0.1, 0.15) is 56.2 Å². The normalized spacial score (nSPS) is 17.1. The Morgan fingerprint density at radius 1 is 0.914 bits per heavy atom. The van der Waals surface area contributed by atoms with Crippen LogP contribution in [0, 0.1) is 0 Å². The number of fused-ring (bicyclic) bond motifs is 1. The fourth-order valence-corrected chi connectivity index (χ4v) is 7.49. The SMILES string of the molecule is CCOC(=O)C1=C(COCCNC(=O)CN2C(=O)[C@@H](N[C@@H](CCc3ccccc3)C(=O)OCC)CCc3ccccc32)NC(C)=C(C(=O)OC)C1c1ccccc1Cl. The highest BCUT2D eigenvalue weighted by atomic mass is 35.5. The highest BCUT2D eigenvalue weighted by molar-refractivity contribution is 6.31. The van der Waals surface area contributed by atoms with Gasteiger partial charge in [-0.1, -0.05) is 78.3 Å². The molecule has 58 heavy (non-hydrogen) atoms. The second-order valence-corrected chi connectivity index (χ2v) is 14.2. The minimum Gasteiger partial charge on any atom is -0.466 e. The Hall–Kier alpha value is -5.50. The molecule has 0 fully saturated rings. The highest BCUT2D eigenvalue weighted by Crippen LogP contribution is 2.42. The highest BCUT2D eigenvalue weighted by Gasteiger charge is 2.40. The number of hydrogen-bond acceptors (Lipinski definition) is 11. The van der Waals surface area contributed by atoms with Crippen LogP contribution in [0.3, 0.4) is 0 Å². The summed E-state index contributed by atoms with van der Waals surface area (Å²) >= 11 is 6.60. The second kappa shape index (κ2) is 21.3. The summed E-state index contributed by atoms with van der Waals surface area (Å²) in [6.07, 6.45) is 2.02. The minimum absolute atomic E-state index is 0.0494. The molecule has 3 N–H and O–H groups in total. The average molecular weight is 815 g/mol. The van der Waals surface area contributed by atoms with Crippen LogP contribution in [-0.4, -0.2) is 88.4 Å². The standard InChI is InChI=1S/C44H51ClN4O9/c1-5-57-42(52)34(22-20-29-14-8-7-9-15-29)48-33-23-21-30-16-10-13-19-36(30)49(41(33)51)26-37(50)46-24-25-56-27-35-40(44(54)58-6-2)39(31-17-11-12-18-32(31)45)38(28(3)47-35)43(53)55-4/h7-19,33-34,39,47-48H,5-6,20-27H2,1-4H3,(H,46,50)/t33-,34-,39?/m0/s1. The molecular weight excluding hydrogens is 764 g/mol. The number of rotatable bonds is 18. The molecule has 2 aliphatic rings. The third kappa shape index (κ3) is 10.9. The van der Waals surface area contributed by atoms with Crippen molar-refractivity contribution in [1.82, 2.24) is 16.0 Å². The molecule has 3 aromatic carbocycles. The molecule has 13 nitrogen and oxygen atoms in total. The molecule has 0 saturated heterocycles. The van der Waals surface area contributed by atoms with E-state index in [2.05, 4.69) is 16.0 Å². The molecule has 2 aliphatic heterocycles. The first-order chi connectivity index (χ1) is 28.1. The van der Waals surface area contributed by atoms with E-state index >= 15 is 0 Å². The van der Waals surface area contributed by atoms with Crippen molar-refractivity contribution in [3.8, 4) is 0 Å². The molecule has 3 atom stereocenters. The van der Waals surface area contributed by atoms with E-state index in [1.54, 1.807) is 45.0 Å². The lowest BCUT2D eigenvalue weighted by molar-refractivity contribution is -0.146. The number of nitrogens with one attached hydrogen (secondary N) is 3. The molecule has 308 valence electrons. The number of methoxy groups -OCH3 is 1. The zero-order chi connectivity index (χ0) is 41.6. The number of dihydropyridines is 1. The van der Waals surface area contributed by atoms with E-state index in [1.165, 1.54) is 12.0 Å². The Morgan fingerprint density at radius 2 is 1.62 bits per heavy atom. The predicted octanol–water partition coefficient (Wildman–Crippen LogP) is 4.93. The topological polar surface area (TPSA) is 162 Å². The summed E-state index contributed by atoms with van der Waals surface area (Å²) in [5, 5.41) is 9.60. The molecule has 2 heterocycles. The lowest BCUT2D eigenvalue weighted by Crippen LogP contribution is -2.53. The van der Waals surface area contributed by atoms with E-state index in [1.807, 2.05) is 54.6 Å². The Labute approximate surface area is 344 Å². The van der Waals surface area contributed by atoms with E-state index < -0.39 is 41.8 Å². The number of carbonyl (C=O) groups is 5. The van der Waals surface area contributed by atoms with Gasteiger partial charge < -0.3 is 34.5 Å². The maximum absolute atomic E-state index is 14.2. The number of esters is 3. The van der Waals surface area contributed by atoms with Gasteiger partial charge in [-0.05, 0) is 75.3 Å². The molecule has 3 aromatic rings. The van der Waals surface area contributed by atoms with Gasteiger partial charge in [-0.15, -0.1) is 0 Å². The summed E-state index contributed by atoms with van der Waals surface area (Å²) in [5.74, 6) is -3.35. The van der Waals surface area contributed by atoms with Crippen LogP contribution >= 0.6 is 11.6 Å². The second-order valence-electron chi connectivity index (χ2n) is 13.8. The quantitative estimate of drug-likeness (QED) is 0.0908. The molecule has 2 amide bonds. The fourth-order valence-electron chi connectivity index (χ4n) is 7.24. The summed E-state index contributed by atoms with van der Waals surface area (Å²) < 4.78 is 21.9. The number of carbonyl (C=O) groups excluding carboxylic acids is 5. The van der Waals surface area contributed by atoms with Gasteiger partial charge in [0.2, 0.25) is 11.8 Å². The summed E-state index contributed by atoms with van der Waals surface area (Å²) in [4.78, 5) is 68.7. The van der Waals surface area contributed by atoms with Crippen LogP contribution in [0.5, 0.6) is 0 Å². The predicted molar refractivity (Wildman–Crippen MR) is 219 cm³/mol. The van der Waals surface area contributed by atoms with Crippen molar-refractivity contribution in [1.29, 1.82) is 0 Å². The van der Waals surface area contributed by atoms with Crippen LogP contribution in [0.4, 0.5) is 5.69 Å². The molecule has 0 bridgehead atoms. The summed E-state index contributed by atoms with van der Waals surface area (Å²) in [6.45, 7) is 5.21. The van der Waals surface area contributed by atoms with Gasteiger partial charge in [-0.2, -0.15) is 0 Å². The summed E-state index contributed by atoms with van der Waals surface area (Å²) in [5.41, 5.74) is 4.30. The Kier molecular flexibility index (Phi) is 16.0. The van der Waals surface area contributed by atoms with E-state index in [9.17, 15) is 24.0 Å². The van der Waals surface area contributed by atoms with Gasteiger partial charge in [0.15, 0.2) is 0 Å². The summed E-state index contributed by atoms with van der Waals surface area (Å²) in [6, 6.07) is 22.7. The van der Waals surface area contributed by atoms with E-state index in [0.29, 0.717) is 53.4 Å². The Bertz CT molecular complexity index is 2020. The lowest BCUT2D eigenvalue weighted by Gasteiger charge is -2.31.